The Hall–Kier alpha value is -1.74. The number of nitrogens with zero attached hydrogens (tertiary/aromatic N) is 2. The minimum absolute atomic E-state index is 0.638. The van der Waals surface area contributed by atoms with Crippen LogP contribution in [0, 0.1) is 0 Å². The van der Waals surface area contributed by atoms with E-state index in [1.807, 2.05) is 30.6 Å². The Bertz CT molecular complexity index is 426. The van der Waals surface area contributed by atoms with E-state index in [2.05, 4.69) is 9.97 Å². The summed E-state index contributed by atoms with van der Waals surface area (Å²) in [6.45, 7) is 0.638. The van der Waals surface area contributed by atoms with Crippen LogP contribution in [0.1, 0.15) is 5.56 Å². The van der Waals surface area contributed by atoms with Gasteiger partial charge in [0.15, 0.2) is 0 Å². The van der Waals surface area contributed by atoms with Gasteiger partial charge in [-0.05, 0) is 36.2 Å². The lowest BCUT2D eigenvalue weighted by Crippen LogP contribution is -2.04. The van der Waals surface area contributed by atoms with Crippen molar-refractivity contribution >= 4 is 0 Å². The first-order valence-electron chi connectivity index (χ1n) is 4.95. The molecule has 0 aromatic carbocycles. The van der Waals surface area contributed by atoms with Crippen LogP contribution in [0.15, 0.2) is 43.0 Å². The van der Waals surface area contributed by atoms with E-state index in [1.165, 1.54) is 11.1 Å². The summed E-state index contributed by atoms with van der Waals surface area (Å²) in [6, 6.07) is 5.98. The first-order valence-corrected chi connectivity index (χ1v) is 4.95. The summed E-state index contributed by atoms with van der Waals surface area (Å²) in [5.41, 5.74) is 9.02. The number of hydrogen-bond acceptors (Lipinski definition) is 3. The van der Waals surface area contributed by atoms with Gasteiger partial charge in [0.05, 0.1) is 0 Å². The second kappa shape index (κ2) is 4.66. The van der Waals surface area contributed by atoms with Crippen molar-refractivity contribution in [1.29, 1.82) is 0 Å². The highest BCUT2D eigenvalue weighted by atomic mass is 14.6. The molecule has 2 rings (SSSR count). The van der Waals surface area contributed by atoms with E-state index in [1.54, 1.807) is 12.4 Å². The van der Waals surface area contributed by atoms with Crippen LogP contribution in [0.5, 0.6) is 0 Å². The van der Waals surface area contributed by atoms with Crippen LogP contribution in [0.3, 0.4) is 0 Å². The number of pyridine rings is 2. The van der Waals surface area contributed by atoms with Crippen LogP contribution in [0.4, 0.5) is 0 Å². The van der Waals surface area contributed by atoms with Gasteiger partial charge in [0.2, 0.25) is 0 Å². The Morgan fingerprint density at radius 1 is 1.07 bits per heavy atom. The average molecular weight is 199 g/mol. The predicted molar refractivity (Wildman–Crippen MR) is 60.2 cm³/mol. The Labute approximate surface area is 89.0 Å². The van der Waals surface area contributed by atoms with Crippen molar-refractivity contribution in [1.82, 2.24) is 9.97 Å². The van der Waals surface area contributed by atoms with Gasteiger partial charge in [-0.15, -0.1) is 0 Å². The highest BCUT2D eigenvalue weighted by Gasteiger charge is 2.03. The van der Waals surface area contributed by atoms with Gasteiger partial charge in [-0.1, -0.05) is 6.07 Å². The third-order valence-electron chi connectivity index (χ3n) is 2.29. The Morgan fingerprint density at radius 2 is 1.93 bits per heavy atom. The van der Waals surface area contributed by atoms with Gasteiger partial charge in [0, 0.05) is 30.4 Å². The molecule has 0 aliphatic heterocycles. The maximum atomic E-state index is 5.56. The summed E-state index contributed by atoms with van der Waals surface area (Å²) in [6.07, 6.45) is 8.14. The molecule has 3 heteroatoms. The highest BCUT2D eigenvalue weighted by molar-refractivity contribution is 5.65. The van der Waals surface area contributed by atoms with E-state index in [9.17, 15) is 0 Å². The van der Waals surface area contributed by atoms with Gasteiger partial charge < -0.3 is 5.73 Å². The Morgan fingerprint density at radius 3 is 2.67 bits per heavy atom. The molecular formula is C12H13N3. The average Bonchev–Trinajstić information content (AvgIpc) is 2.31. The van der Waals surface area contributed by atoms with Crippen LogP contribution >= 0.6 is 0 Å². The van der Waals surface area contributed by atoms with Gasteiger partial charge in [0.1, 0.15) is 0 Å². The molecular weight excluding hydrogens is 186 g/mol. The molecule has 2 heterocycles. The molecule has 2 aromatic heterocycles. The molecule has 0 fully saturated rings. The van der Waals surface area contributed by atoms with Crippen molar-refractivity contribution in [3.8, 4) is 11.1 Å². The zero-order valence-electron chi connectivity index (χ0n) is 8.43. The number of aromatic nitrogens is 2. The molecule has 0 atom stereocenters. The molecule has 0 aliphatic carbocycles. The number of hydrogen-bond donors (Lipinski definition) is 1. The topological polar surface area (TPSA) is 51.8 Å². The molecule has 0 amide bonds. The molecule has 0 radical (unpaired) electrons. The third-order valence-corrected chi connectivity index (χ3v) is 2.29. The van der Waals surface area contributed by atoms with Crippen LogP contribution in [0.25, 0.3) is 11.1 Å². The SMILES string of the molecule is NCCc1cnccc1-c1cccnc1. The summed E-state index contributed by atoms with van der Waals surface area (Å²) in [4.78, 5) is 8.22. The maximum Gasteiger partial charge on any atom is 0.0346 e. The summed E-state index contributed by atoms with van der Waals surface area (Å²) >= 11 is 0. The lowest BCUT2D eigenvalue weighted by molar-refractivity contribution is 0.960. The smallest absolute Gasteiger partial charge is 0.0346 e. The quantitative estimate of drug-likeness (QED) is 0.817. The molecule has 0 saturated carbocycles. The fraction of sp³-hybridized carbons (Fsp3) is 0.167. The summed E-state index contributed by atoms with van der Waals surface area (Å²) < 4.78 is 0. The van der Waals surface area contributed by atoms with Crippen molar-refractivity contribution in [3.63, 3.8) is 0 Å². The largest absolute Gasteiger partial charge is 0.330 e. The van der Waals surface area contributed by atoms with E-state index in [0.29, 0.717) is 6.54 Å². The van der Waals surface area contributed by atoms with Gasteiger partial charge in [-0.2, -0.15) is 0 Å². The molecule has 0 unspecified atom stereocenters. The minimum atomic E-state index is 0.638. The van der Waals surface area contributed by atoms with E-state index >= 15 is 0 Å². The van der Waals surface area contributed by atoms with Crippen molar-refractivity contribution in [3.05, 3.63) is 48.5 Å². The van der Waals surface area contributed by atoms with Crippen molar-refractivity contribution in [2.24, 2.45) is 5.73 Å². The fourth-order valence-corrected chi connectivity index (χ4v) is 1.59. The number of nitrogens with two attached hydrogens (primary N) is 1. The van der Waals surface area contributed by atoms with Crippen LogP contribution < -0.4 is 5.73 Å². The van der Waals surface area contributed by atoms with E-state index in [4.69, 9.17) is 5.73 Å². The molecule has 2 N–H and O–H groups in total. The lowest BCUT2D eigenvalue weighted by atomic mass is 10.0. The molecule has 76 valence electrons. The fourth-order valence-electron chi connectivity index (χ4n) is 1.59. The highest BCUT2D eigenvalue weighted by Crippen LogP contribution is 2.21. The molecule has 0 saturated heterocycles. The normalized spacial score (nSPS) is 10.2. The van der Waals surface area contributed by atoms with Crippen LogP contribution in [0.2, 0.25) is 0 Å². The second-order valence-electron chi connectivity index (χ2n) is 3.31. The molecule has 3 nitrogen and oxygen atoms in total. The van der Waals surface area contributed by atoms with Gasteiger partial charge in [0.25, 0.3) is 0 Å². The van der Waals surface area contributed by atoms with Gasteiger partial charge >= 0.3 is 0 Å². The minimum Gasteiger partial charge on any atom is -0.330 e. The van der Waals surface area contributed by atoms with Crippen molar-refractivity contribution in [2.75, 3.05) is 6.54 Å². The van der Waals surface area contributed by atoms with Crippen molar-refractivity contribution in [2.45, 2.75) is 6.42 Å². The Kier molecular flexibility index (Phi) is 3.05. The molecule has 0 bridgehead atoms. The number of rotatable bonds is 3. The molecule has 0 spiro atoms. The van der Waals surface area contributed by atoms with Crippen LogP contribution in [-0.2, 0) is 6.42 Å². The Balaban J connectivity index is 2.43. The monoisotopic (exact) mass is 199 g/mol. The molecule has 0 aliphatic rings. The maximum absolute atomic E-state index is 5.56. The summed E-state index contributed by atoms with van der Waals surface area (Å²) in [5, 5.41) is 0. The summed E-state index contributed by atoms with van der Waals surface area (Å²) in [7, 11) is 0. The van der Waals surface area contributed by atoms with Crippen molar-refractivity contribution < 1.29 is 0 Å². The van der Waals surface area contributed by atoms with Crippen LogP contribution in [-0.4, -0.2) is 16.5 Å². The van der Waals surface area contributed by atoms with E-state index < -0.39 is 0 Å². The first kappa shape index (κ1) is 9.80. The van der Waals surface area contributed by atoms with E-state index in [-0.39, 0.29) is 0 Å². The summed E-state index contributed by atoms with van der Waals surface area (Å²) in [5.74, 6) is 0. The molecule has 15 heavy (non-hydrogen) atoms. The third kappa shape index (κ3) is 2.19. The zero-order chi connectivity index (χ0) is 10.5. The molecule has 2 aromatic rings. The van der Waals surface area contributed by atoms with E-state index in [0.717, 1.165) is 12.0 Å². The predicted octanol–water partition coefficient (Wildman–Crippen LogP) is 1.64. The van der Waals surface area contributed by atoms with Gasteiger partial charge in [-0.25, -0.2) is 0 Å². The standard InChI is InChI=1S/C12H13N3/c13-5-3-11-9-15-7-4-12(11)10-2-1-6-14-8-10/h1-2,4,6-9H,3,5,13H2. The lowest BCUT2D eigenvalue weighted by Gasteiger charge is -2.07. The van der Waals surface area contributed by atoms with Gasteiger partial charge in [-0.3, -0.25) is 9.97 Å². The zero-order valence-corrected chi connectivity index (χ0v) is 8.43. The first-order chi connectivity index (χ1) is 7.42. The second-order valence-corrected chi connectivity index (χ2v) is 3.31.